The lowest BCUT2D eigenvalue weighted by Crippen LogP contribution is -2.31. The third-order valence-electron chi connectivity index (χ3n) is 1.04. The Morgan fingerprint density at radius 2 is 2.18 bits per heavy atom. The molecule has 0 unspecified atom stereocenters. The lowest BCUT2D eigenvalue weighted by molar-refractivity contribution is -0.137. The highest BCUT2D eigenvalue weighted by Crippen LogP contribution is 1.94. The number of carbonyl (C=O) groups is 1. The van der Waals surface area contributed by atoms with Gasteiger partial charge < -0.3 is 10.0 Å². The van der Waals surface area contributed by atoms with Gasteiger partial charge >= 0.3 is 12.4 Å². The minimum absolute atomic E-state index is 0.262. The SMILES string of the molecule is CC(C)CN([C]=O)CC(=O)O. The molecule has 63 valence electrons. The van der Waals surface area contributed by atoms with E-state index in [-0.39, 0.29) is 12.5 Å². The fourth-order valence-electron chi connectivity index (χ4n) is 0.738. The molecule has 0 atom stereocenters. The Morgan fingerprint density at radius 3 is 2.45 bits per heavy atom. The van der Waals surface area contributed by atoms with E-state index >= 15 is 0 Å². The molecule has 0 aromatic carbocycles. The number of amides is 1. The molecule has 11 heavy (non-hydrogen) atoms. The molecule has 0 aliphatic heterocycles. The van der Waals surface area contributed by atoms with Crippen LogP contribution in [0.5, 0.6) is 0 Å². The second-order valence-corrected chi connectivity index (χ2v) is 2.76. The van der Waals surface area contributed by atoms with Gasteiger partial charge in [-0.25, -0.2) is 0 Å². The number of hydrogen-bond acceptors (Lipinski definition) is 2. The molecular formula is C7H12NO3. The Hall–Kier alpha value is -1.06. The van der Waals surface area contributed by atoms with Gasteiger partial charge in [0.05, 0.1) is 0 Å². The van der Waals surface area contributed by atoms with E-state index in [0.717, 1.165) is 4.90 Å². The van der Waals surface area contributed by atoms with E-state index in [4.69, 9.17) is 5.11 Å². The predicted molar refractivity (Wildman–Crippen MR) is 39.7 cm³/mol. The van der Waals surface area contributed by atoms with Gasteiger partial charge in [0.2, 0.25) is 0 Å². The third kappa shape index (κ3) is 5.39. The smallest absolute Gasteiger partial charge is 0.323 e. The molecule has 4 heteroatoms. The van der Waals surface area contributed by atoms with Crippen molar-refractivity contribution in [1.82, 2.24) is 4.90 Å². The van der Waals surface area contributed by atoms with Gasteiger partial charge in [0.25, 0.3) is 0 Å². The molecule has 1 radical (unpaired) electrons. The van der Waals surface area contributed by atoms with Gasteiger partial charge in [-0.15, -0.1) is 0 Å². The zero-order valence-corrected chi connectivity index (χ0v) is 6.70. The molecule has 1 N–H and O–H groups in total. The Balaban J connectivity index is 3.76. The van der Waals surface area contributed by atoms with Crippen LogP contribution in [0.4, 0.5) is 0 Å². The molecule has 0 aliphatic rings. The average Bonchev–Trinajstić information content (AvgIpc) is 1.84. The first-order valence-corrected chi connectivity index (χ1v) is 3.40. The molecule has 0 aromatic heterocycles. The zero-order valence-electron chi connectivity index (χ0n) is 6.70. The molecule has 0 fully saturated rings. The number of carboxylic acids is 1. The predicted octanol–water partition coefficient (Wildman–Crippen LogP) is 0.0962. The molecule has 0 saturated carbocycles. The van der Waals surface area contributed by atoms with E-state index in [9.17, 15) is 9.59 Å². The normalized spacial score (nSPS) is 9.73. The van der Waals surface area contributed by atoms with Crippen molar-refractivity contribution in [2.75, 3.05) is 13.1 Å². The minimum Gasteiger partial charge on any atom is -0.480 e. The van der Waals surface area contributed by atoms with Crippen molar-refractivity contribution < 1.29 is 14.7 Å². The molecule has 0 bridgehead atoms. The highest BCUT2D eigenvalue weighted by Gasteiger charge is 2.08. The Labute approximate surface area is 65.8 Å². The fourth-order valence-corrected chi connectivity index (χ4v) is 0.738. The molecular weight excluding hydrogens is 146 g/mol. The second-order valence-electron chi connectivity index (χ2n) is 2.76. The van der Waals surface area contributed by atoms with Crippen LogP contribution in [-0.2, 0) is 9.59 Å². The number of carboxylic acid groups (broad SMARTS) is 1. The molecule has 0 spiro atoms. The summed E-state index contributed by atoms with van der Waals surface area (Å²) in [6.07, 6.45) is 1.57. The van der Waals surface area contributed by atoms with Crippen LogP contribution >= 0.6 is 0 Å². The Kier molecular flexibility index (Phi) is 4.26. The Morgan fingerprint density at radius 1 is 1.64 bits per heavy atom. The van der Waals surface area contributed by atoms with Gasteiger partial charge in [-0.3, -0.25) is 9.59 Å². The summed E-state index contributed by atoms with van der Waals surface area (Å²) in [6, 6.07) is 0. The summed E-state index contributed by atoms with van der Waals surface area (Å²) in [5.74, 6) is -0.732. The average molecular weight is 158 g/mol. The Bertz CT molecular complexity index is 145. The first-order valence-electron chi connectivity index (χ1n) is 3.40. The van der Waals surface area contributed by atoms with E-state index in [1.807, 2.05) is 13.8 Å². The highest BCUT2D eigenvalue weighted by molar-refractivity contribution is 5.72. The molecule has 1 amide bonds. The van der Waals surface area contributed by atoms with Gasteiger partial charge in [0.1, 0.15) is 6.54 Å². The van der Waals surface area contributed by atoms with E-state index < -0.39 is 5.97 Å². The summed E-state index contributed by atoms with van der Waals surface area (Å²) in [7, 11) is 0. The lowest BCUT2D eigenvalue weighted by atomic mass is 10.2. The number of carbonyl (C=O) groups excluding carboxylic acids is 1. The van der Waals surface area contributed by atoms with Crippen molar-refractivity contribution in [2.24, 2.45) is 5.92 Å². The van der Waals surface area contributed by atoms with Gasteiger partial charge in [0, 0.05) is 6.54 Å². The van der Waals surface area contributed by atoms with Crippen LogP contribution in [0, 0.1) is 5.92 Å². The topological polar surface area (TPSA) is 57.6 Å². The summed E-state index contributed by atoms with van der Waals surface area (Å²) in [5.41, 5.74) is 0. The van der Waals surface area contributed by atoms with E-state index in [0.29, 0.717) is 6.54 Å². The number of hydrogen-bond donors (Lipinski definition) is 1. The van der Waals surface area contributed by atoms with Crippen LogP contribution in [-0.4, -0.2) is 35.5 Å². The van der Waals surface area contributed by atoms with Crippen molar-refractivity contribution >= 4 is 12.4 Å². The summed E-state index contributed by atoms with van der Waals surface area (Å²) in [4.78, 5) is 21.4. The monoisotopic (exact) mass is 158 g/mol. The van der Waals surface area contributed by atoms with E-state index in [1.54, 1.807) is 6.41 Å². The number of rotatable bonds is 5. The number of aliphatic carboxylic acids is 1. The summed E-state index contributed by atoms with van der Waals surface area (Å²) < 4.78 is 0. The van der Waals surface area contributed by atoms with Crippen molar-refractivity contribution in [3.63, 3.8) is 0 Å². The second kappa shape index (κ2) is 4.71. The van der Waals surface area contributed by atoms with Crippen molar-refractivity contribution in [3.8, 4) is 0 Å². The zero-order chi connectivity index (χ0) is 8.85. The summed E-state index contributed by atoms with van der Waals surface area (Å²) in [5, 5.41) is 8.31. The van der Waals surface area contributed by atoms with Crippen molar-refractivity contribution in [3.05, 3.63) is 0 Å². The first-order chi connectivity index (χ1) is 5.06. The maximum atomic E-state index is 10.1. The minimum atomic E-state index is -1.01. The summed E-state index contributed by atoms with van der Waals surface area (Å²) >= 11 is 0. The van der Waals surface area contributed by atoms with Gasteiger partial charge in [0.15, 0.2) is 0 Å². The van der Waals surface area contributed by atoms with Crippen LogP contribution in [0.25, 0.3) is 0 Å². The largest absolute Gasteiger partial charge is 0.480 e. The molecule has 4 nitrogen and oxygen atoms in total. The van der Waals surface area contributed by atoms with Crippen LogP contribution < -0.4 is 0 Å². The van der Waals surface area contributed by atoms with Crippen molar-refractivity contribution in [1.29, 1.82) is 0 Å². The highest BCUT2D eigenvalue weighted by atomic mass is 16.4. The van der Waals surface area contributed by atoms with Crippen LogP contribution in [0.15, 0.2) is 0 Å². The van der Waals surface area contributed by atoms with Crippen LogP contribution in [0.2, 0.25) is 0 Å². The molecule has 0 aromatic rings. The van der Waals surface area contributed by atoms with E-state index in [2.05, 4.69) is 0 Å². The van der Waals surface area contributed by atoms with Crippen molar-refractivity contribution in [2.45, 2.75) is 13.8 Å². The van der Waals surface area contributed by atoms with Gasteiger partial charge in [-0.1, -0.05) is 13.8 Å². The molecule has 0 aliphatic carbocycles. The van der Waals surface area contributed by atoms with Gasteiger partial charge in [-0.2, -0.15) is 0 Å². The summed E-state index contributed by atoms with van der Waals surface area (Å²) in [6.45, 7) is 4.00. The fraction of sp³-hybridized carbons (Fsp3) is 0.714. The lowest BCUT2D eigenvalue weighted by Gasteiger charge is -2.15. The standard InChI is InChI=1S/C7H12NO3/c1-6(2)3-8(5-9)4-7(10)11/h6H,3-4H2,1-2H3,(H,10,11). The van der Waals surface area contributed by atoms with Gasteiger partial charge in [-0.05, 0) is 5.92 Å². The number of nitrogens with zero attached hydrogens (tertiary/aromatic N) is 1. The molecule has 0 heterocycles. The third-order valence-corrected chi connectivity index (χ3v) is 1.04. The quantitative estimate of drug-likeness (QED) is 0.577. The molecule has 0 rings (SSSR count). The maximum Gasteiger partial charge on any atom is 0.323 e. The van der Waals surface area contributed by atoms with Crippen LogP contribution in [0.1, 0.15) is 13.8 Å². The first kappa shape index (κ1) is 9.94. The molecule has 0 saturated heterocycles. The maximum absolute atomic E-state index is 10.1. The van der Waals surface area contributed by atoms with Crippen LogP contribution in [0.3, 0.4) is 0 Å². The van der Waals surface area contributed by atoms with E-state index in [1.165, 1.54) is 0 Å².